The van der Waals surface area contributed by atoms with Crippen molar-refractivity contribution in [1.82, 2.24) is 0 Å². The molecule has 0 aliphatic heterocycles. The highest BCUT2D eigenvalue weighted by Crippen LogP contribution is 2.42. The highest BCUT2D eigenvalue weighted by Gasteiger charge is 2.58. The third-order valence-electron chi connectivity index (χ3n) is 4.85. The Balaban J connectivity index is 3.45. The molecule has 0 fully saturated rings. The van der Waals surface area contributed by atoms with Gasteiger partial charge in [-0.05, 0) is 40.5 Å². The Morgan fingerprint density at radius 2 is 1.69 bits per heavy atom. The lowest BCUT2D eigenvalue weighted by Gasteiger charge is -2.27. The summed E-state index contributed by atoms with van der Waals surface area (Å²) in [5, 5.41) is 21.7. The lowest BCUT2D eigenvalue weighted by molar-refractivity contribution is -0.144. The summed E-state index contributed by atoms with van der Waals surface area (Å²) in [6, 6.07) is 0. The molecule has 0 amide bonds. The number of ketones is 3. The van der Waals surface area contributed by atoms with Gasteiger partial charge in [-0.25, -0.2) is 0 Å². The largest absolute Gasteiger partial charge is 0.508 e. The number of aliphatic hydroxyl groups is 2. The van der Waals surface area contributed by atoms with Crippen molar-refractivity contribution in [2.75, 3.05) is 0 Å². The first-order valence-corrected chi connectivity index (χ1v) is 9.02. The summed E-state index contributed by atoms with van der Waals surface area (Å²) < 4.78 is 0. The van der Waals surface area contributed by atoms with Crippen LogP contribution in [0.1, 0.15) is 60.8 Å². The van der Waals surface area contributed by atoms with Gasteiger partial charge in [0.05, 0.1) is 5.92 Å². The van der Waals surface area contributed by atoms with Crippen molar-refractivity contribution in [2.45, 2.75) is 66.4 Å². The van der Waals surface area contributed by atoms with Crippen molar-refractivity contribution in [3.63, 3.8) is 0 Å². The van der Waals surface area contributed by atoms with Crippen LogP contribution in [0.25, 0.3) is 0 Å². The van der Waals surface area contributed by atoms with Gasteiger partial charge in [-0.3, -0.25) is 14.4 Å². The van der Waals surface area contributed by atoms with Crippen molar-refractivity contribution in [3.8, 4) is 0 Å². The molecule has 0 radical (unpaired) electrons. The molecule has 0 aromatic heterocycles. The summed E-state index contributed by atoms with van der Waals surface area (Å²) in [5.41, 5.74) is -0.975. The standard InChI is InChI=1S/C21H30O5/c1-7-14(6)18(23)17-19(24)15(10-8-12(2)3)21(26,20(17)25)16(22)11-9-13(4)5/h8-9,14-15,25-26H,7,10-11H2,1-6H3. The summed E-state index contributed by atoms with van der Waals surface area (Å²) in [4.78, 5) is 38.1. The van der Waals surface area contributed by atoms with Crippen molar-refractivity contribution < 1.29 is 24.6 Å². The van der Waals surface area contributed by atoms with Gasteiger partial charge in [0.2, 0.25) is 0 Å². The molecule has 0 aromatic rings. The van der Waals surface area contributed by atoms with Crippen LogP contribution in [0.15, 0.2) is 34.6 Å². The molecule has 1 aliphatic carbocycles. The van der Waals surface area contributed by atoms with E-state index in [4.69, 9.17) is 0 Å². The van der Waals surface area contributed by atoms with Crippen LogP contribution in [0.3, 0.4) is 0 Å². The van der Waals surface area contributed by atoms with Gasteiger partial charge in [-0.1, -0.05) is 37.1 Å². The van der Waals surface area contributed by atoms with Crippen LogP contribution in [-0.2, 0) is 14.4 Å². The van der Waals surface area contributed by atoms with Gasteiger partial charge in [0, 0.05) is 12.3 Å². The predicted octanol–water partition coefficient (Wildman–Crippen LogP) is 3.63. The van der Waals surface area contributed by atoms with E-state index in [9.17, 15) is 24.6 Å². The number of aliphatic hydroxyl groups excluding tert-OH is 1. The van der Waals surface area contributed by atoms with E-state index in [1.54, 1.807) is 26.0 Å². The molecule has 0 spiro atoms. The minimum Gasteiger partial charge on any atom is -0.508 e. The second-order valence-corrected chi connectivity index (χ2v) is 7.51. The summed E-state index contributed by atoms with van der Waals surface area (Å²) in [6.07, 6.45) is 3.81. The Kier molecular flexibility index (Phi) is 7.27. The summed E-state index contributed by atoms with van der Waals surface area (Å²) in [6.45, 7) is 10.7. The lowest BCUT2D eigenvalue weighted by atomic mass is 9.81. The maximum Gasteiger partial charge on any atom is 0.191 e. The topological polar surface area (TPSA) is 91.7 Å². The normalized spacial score (nSPS) is 23.7. The highest BCUT2D eigenvalue weighted by molar-refractivity contribution is 6.26. The first kappa shape index (κ1) is 22.0. The summed E-state index contributed by atoms with van der Waals surface area (Å²) in [5.74, 6) is -4.30. The smallest absolute Gasteiger partial charge is 0.191 e. The second-order valence-electron chi connectivity index (χ2n) is 7.51. The quantitative estimate of drug-likeness (QED) is 0.508. The Morgan fingerprint density at radius 1 is 1.15 bits per heavy atom. The molecule has 144 valence electrons. The van der Waals surface area contributed by atoms with Crippen molar-refractivity contribution in [2.24, 2.45) is 11.8 Å². The number of rotatable bonds is 8. The number of carbonyl (C=O) groups is 3. The number of allylic oxidation sites excluding steroid dienone is 5. The van der Waals surface area contributed by atoms with Crippen molar-refractivity contribution >= 4 is 17.3 Å². The van der Waals surface area contributed by atoms with Crippen molar-refractivity contribution in [3.05, 3.63) is 34.6 Å². The monoisotopic (exact) mass is 362 g/mol. The summed E-state index contributed by atoms with van der Waals surface area (Å²) in [7, 11) is 0. The van der Waals surface area contributed by atoms with E-state index in [0.717, 1.165) is 11.1 Å². The Bertz CT molecular complexity index is 687. The zero-order chi connectivity index (χ0) is 20.2. The highest BCUT2D eigenvalue weighted by atomic mass is 16.3. The van der Waals surface area contributed by atoms with Crippen LogP contribution < -0.4 is 0 Å². The van der Waals surface area contributed by atoms with E-state index >= 15 is 0 Å². The van der Waals surface area contributed by atoms with Crippen LogP contribution in [0.5, 0.6) is 0 Å². The molecular weight excluding hydrogens is 332 g/mol. The van der Waals surface area contributed by atoms with Crippen LogP contribution in [0, 0.1) is 11.8 Å². The average molecular weight is 362 g/mol. The minimum atomic E-state index is -2.35. The fourth-order valence-corrected chi connectivity index (χ4v) is 2.92. The third-order valence-corrected chi connectivity index (χ3v) is 4.85. The zero-order valence-corrected chi connectivity index (χ0v) is 16.5. The average Bonchev–Trinajstić information content (AvgIpc) is 2.76. The maximum atomic E-state index is 12.9. The first-order chi connectivity index (χ1) is 12.0. The fraction of sp³-hybridized carbons (Fsp3) is 0.571. The fourth-order valence-electron chi connectivity index (χ4n) is 2.92. The lowest BCUT2D eigenvalue weighted by Crippen LogP contribution is -2.46. The minimum absolute atomic E-state index is 0.0829. The second kappa shape index (κ2) is 8.58. The molecule has 5 nitrogen and oxygen atoms in total. The maximum absolute atomic E-state index is 12.9. The zero-order valence-electron chi connectivity index (χ0n) is 16.5. The molecule has 1 aliphatic rings. The molecule has 2 N–H and O–H groups in total. The van der Waals surface area contributed by atoms with Crippen LogP contribution in [-0.4, -0.2) is 33.2 Å². The Hall–Kier alpha value is -2.01. The Labute approximate surface area is 155 Å². The van der Waals surface area contributed by atoms with Crippen LogP contribution >= 0.6 is 0 Å². The van der Waals surface area contributed by atoms with Gasteiger partial charge >= 0.3 is 0 Å². The van der Waals surface area contributed by atoms with Gasteiger partial charge in [-0.2, -0.15) is 0 Å². The molecule has 0 saturated heterocycles. The molecule has 0 heterocycles. The number of hydrogen-bond donors (Lipinski definition) is 2. The van der Waals surface area contributed by atoms with Crippen molar-refractivity contribution in [1.29, 1.82) is 0 Å². The molecule has 1 rings (SSSR count). The van der Waals surface area contributed by atoms with Crippen LogP contribution in [0.2, 0.25) is 0 Å². The first-order valence-electron chi connectivity index (χ1n) is 9.02. The molecule has 3 atom stereocenters. The molecular formula is C21H30O5. The molecule has 26 heavy (non-hydrogen) atoms. The molecule has 0 saturated carbocycles. The molecule has 0 aromatic carbocycles. The Morgan fingerprint density at radius 3 is 2.15 bits per heavy atom. The SMILES string of the molecule is CCC(C)C(=O)C1=C(O)C(O)(C(=O)CC=C(C)C)C(CC=C(C)C)C1=O. The van der Waals surface area contributed by atoms with Gasteiger partial charge in [0.25, 0.3) is 0 Å². The molecule has 3 unspecified atom stereocenters. The van der Waals surface area contributed by atoms with E-state index < -0.39 is 46.1 Å². The van der Waals surface area contributed by atoms with Gasteiger partial charge in [0.1, 0.15) is 11.3 Å². The van der Waals surface area contributed by atoms with E-state index in [2.05, 4.69) is 0 Å². The number of carbonyl (C=O) groups excluding carboxylic acids is 3. The van der Waals surface area contributed by atoms with Gasteiger partial charge in [-0.15, -0.1) is 0 Å². The van der Waals surface area contributed by atoms with E-state index in [1.807, 2.05) is 27.7 Å². The number of Topliss-reactive ketones (excluding diaryl/α,β-unsaturated/α-hetero) is 3. The molecule has 5 heteroatoms. The van der Waals surface area contributed by atoms with Gasteiger partial charge in [0.15, 0.2) is 23.0 Å². The third kappa shape index (κ3) is 4.21. The summed E-state index contributed by atoms with van der Waals surface area (Å²) >= 11 is 0. The van der Waals surface area contributed by atoms with Gasteiger partial charge < -0.3 is 10.2 Å². The molecule has 0 bridgehead atoms. The number of hydrogen-bond acceptors (Lipinski definition) is 5. The van der Waals surface area contributed by atoms with E-state index in [0.29, 0.717) is 6.42 Å². The van der Waals surface area contributed by atoms with E-state index in [1.165, 1.54) is 0 Å². The van der Waals surface area contributed by atoms with Crippen LogP contribution in [0.4, 0.5) is 0 Å². The predicted molar refractivity (Wildman–Crippen MR) is 101 cm³/mol. The van der Waals surface area contributed by atoms with E-state index in [-0.39, 0.29) is 12.8 Å².